The molecule has 0 aliphatic rings. The molecular formula is C15H15NO4. The average Bonchev–Trinajstić information content (AvgIpc) is 2.64. The zero-order chi connectivity index (χ0) is 14.9. The minimum Gasteiger partial charge on any atom is -0.480 e. The van der Waals surface area contributed by atoms with Gasteiger partial charge in [0.25, 0.3) is 0 Å². The van der Waals surface area contributed by atoms with Crippen molar-refractivity contribution in [2.75, 3.05) is 0 Å². The number of rotatable bonds is 4. The number of carbonyl (C=O) groups is 2. The first-order valence-electron chi connectivity index (χ1n) is 6.13. The lowest BCUT2D eigenvalue weighted by Crippen LogP contribution is -2.12. The van der Waals surface area contributed by atoms with Crippen LogP contribution in [0.4, 0.5) is 0 Å². The van der Waals surface area contributed by atoms with Crippen LogP contribution in [0.3, 0.4) is 0 Å². The summed E-state index contributed by atoms with van der Waals surface area (Å²) >= 11 is 0. The Labute approximate surface area is 116 Å². The molecule has 0 atom stereocenters. The molecule has 1 aromatic carbocycles. The van der Waals surface area contributed by atoms with Gasteiger partial charge in [-0.05, 0) is 19.4 Å². The Morgan fingerprint density at radius 2 is 1.65 bits per heavy atom. The first-order chi connectivity index (χ1) is 9.43. The highest BCUT2D eigenvalue weighted by molar-refractivity contribution is 5.98. The van der Waals surface area contributed by atoms with Gasteiger partial charge in [-0.25, -0.2) is 4.79 Å². The molecule has 5 heteroatoms. The number of aromatic carboxylic acids is 1. The van der Waals surface area contributed by atoms with Crippen molar-refractivity contribution >= 4 is 11.9 Å². The number of benzene rings is 1. The first kappa shape index (κ1) is 13.9. The van der Waals surface area contributed by atoms with Gasteiger partial charge >= 0.3 is 11.9 Å². The molecule has 0 saturated carbocycles. The largest absolute Gasteiger partial charge is 0.480 e. The quantitative estimate of drug-likeness (QED) is 0.897. The van der Waals surface area contributed by atoms with Crippen LogP contribution in [0, 0.1) is 13.8 Å². The Hall–Kier alpha value is -2.56. The molecule has 0 aliphatic carbocycles. The molecule has 0 spiro atoms. The van der Waals surface area contributed by atoms with E-state index in [4.69, 9.17) is 5.11 Å². The summed E-state index contributed by atoms with van der Waals surface area (Å²) in [5.41, 5.74) is 2.62. The van der Waals surface area contributed by atoms with Gasteiger partial charge in [0.05, 0.1) is 5.56 Å². The summed E-state index contributed by atoms with van der Waals surface area (Å²) in [7, 11) is 0. The molecule has 2 N–H and O–H groups in total. The summed E-state index contributed by atoms with van der Waals surface area (Å²) in [6.07, 6.45) is 0. The zero-order valence-corrected chi connectivity index (χ0v) is 11.3. The van der Waals surface area contributed by atoms with Crippen LogP contribution in [-0.2, 0) is 11.3 Å². The van der Waals surface area contributed by atoms with Crippen molar-refractivity contribution < 1.29 is 19.8 Å². The molecule has 1 aromatic heterocycles. The summed E-state index contributed by atoms with van der Waals surface area (Å²) < 4.78 is 1.52. The Morgan fingerprint density at radius 1 is 1.05 bits per heavy atom. The van der Waals surface area contributed by atoms with Crippen molar-refractivity contribution in [1.29, 1.82) is 0 Å². The predicted octanol–water partition coefficient (Wildman–Crippen LogP) is 2.55. The Balaban J connectivity index is 2.73. The standard InChI is InChI=1S/C15H15NO4/c1-9-13(11-6-4-3-5-7-11)14(15(19)20)10(2)16(9)8-12(17)18/h3-7H,8H2,1-2H3,(H,17,18)(H,19,20). The summed E-state index contributed by atoms with van der Waals surface area (Å²) in [6, 6.07) is 9.13. The second-order valence-corrected chi connectivity index (χ2v) is 4.57. The van der Waals surface area contributed by atoms with Gasteiger partial charge in [0.2, 0.25) is 0 Å². The van der Waals surface area contributed by atoms with Gasteiger partial charge < -0.3 is 14.8 Å². The van der Waals surface area contributed by atoms with Crippen molar-refractivity contribution in [2.45, 2.75) is 20.4 Å². The fraction of sp³-hybridized carbons (Fsp3) is 0.200. The molecule has 1 heterocycles. The van der Waals surface area contributed by atoms with E-state index >= 15 is 0 Å². The molecular weight excluding hydrogens is 258 g/mol. The summed E-state index contributed by atoms with van der Waals surface area (Å²) in [6.45, 7) is 3.13. The predicted molar refractivity (Wildman–Crippen MR) is 73.9 cm³/mol. The van der Waals surface area contributed by atoms with Crippen molar-refractivity contribution in [3.05, 3.63) is 47.3 Å². The molecule has 0 radical (unpaired) electrons. The first-order valence-corrected chi connectivity index (χ1v) is 6.13. The Kier molecular flexibility index (Phi) is 3.61. The van der Waals surface area contributed by atoms with Gasteiger partial charge in [-0.15, -0.1) is 0 Å². The zero-order valence-electron chi connectivity index (χ0n) is 11.3. The van der Waals surface area contributed by atoms with Crippen molar-refractivity contribution in [1.82, 2.24) is 4.57 Å². The molecule has 0 bridgehead atoms. The van der Waals surface area contributed by atoms with Crippen LogP contribution in [0.25, 0.3) is 11.1 Å². The lowest BCUT2D eigenvalue weighted by molar-refractivity contribution is -0.137. The summed E-state index contributed by atoms with van der Waals surface area (Å²) in [5, 5.41) is 18.4. The molecule has 0 saturated heterocycles. The maximum Gasteiger partial charge on any atom is 0.338 e. The topological polar surface area (TPSA) is 79.5 Å². The van der Waals surface area contributed by atoms with E-state index in [-0.39, 0.29) is 12.1 Å². The highest BCUT2D eigenvalue weighted by Crippen LogP contribution is 2.32. The van der Waals surface area contributed by atoms with E-state index in [9.17, 15) is 14.7 Å². The number of aromatic nitrogens is 1. The van der Waals surface area contributed by atoms with Crippen LogP contribution in [0.5, 0.6) is 0 Å². The number of carboxylic acid groups (broad SMARTS) is 2. The van der Waals surface area contributed by atoms with Gasteiger partial charge in [-0.2, -0.15) is 0 Å². The lowest BCUT2D eigenvalue weighted by atomic mass is 10.0. The van der Waals surface area contributed by atoms with Crippen LogP contribution in [0.1, 0.15) is 21.7 Å². The van der Waals surface area contributed by atoms with Crippen LogP contribution in [-0.4, -0.2) is 26.7 Å². The number of nitrogens with zero attached hydrogens (tertiary/aromatic N) is 1. The molecule has 0 fully saturated rings. The smallest absolute Gasteiger partial charge is 0.338 e. The molecule has 104 valence electrons. The fourth-order valence-electron chi connectivity index (χ4n) is 2.48. The van der Waals surface area contributed by atoms with Crippen LogP contribution in [0.2, 0.25) is 0 Å². The van der Waals surface area contributed by atoms with Crippen molar-refractivity contribution in [3.63, 3.8) is 0 Å². The summed E-state index contributed by atoms with van der Waals surface area (Å²) in [5.74, 6) is -2.05. The van der Waals surface area contributed by atoms with E-state index in [1.807, 2.05) is 30.3 Å². The van der Waals surface area contributed by atoms with Crippen molar-refractivity contribution in [2.24, 2.45) is 0 Å². The molecule has 5 nitrogen and oxygen atoms in total. The minimum atomic E-state index is -1.05. The number of carboxylic acids is 2. The molecule has 0 aliphatic heterocycles. The third-order valence-corrected chi connectivity index (χ3v) is 3.35. The maximum atomic E-state index is 11.5. The Morgan fingerprint density at radius 3 is 2.15 bits per heavy atom. The number of aliphatic carboxylic acids is 1. The molecule has 0 amide bonds. The van der Waals surface area contributed by atoms with Crippen LogP contribution in [0.15, 0.2) is 30.3 Å². The third kappa shape index (κ3) is 2.30. The van der Waals surface area contributed by atoms with E-state index in [1.54, 1.807) is 13.8 Å². The SMILES string of the molecule is Cc1c(C(=O)O)c(-c2ccccc2)c(C)n1CC(=O)O. The molecule has 0 unspecified atom stereocenters. The van der Waals surface area contributed by atoms with Gasteiger partial charge in [-0.1, -0.05) is 30.3 Å². The number of hydrogen-bond acceptors (Lipinski definition) is 2. The monoisotopic (exact) mass is 273 g/mol. The maximum absolute atomic E-state index is 11.5. The lowest BCUT2D eigenvalue weighted by Gasteiger charge is -2.06. The molecule has 2 rings (SSSR count). The van der Waals surface area contributed by atoms with E-state index in [2.05, 4.69) is 0 Å². The van der Waals surface area contributed by atoms with E-state index in [1.165, 1.54) is 4.57 Å². The van der Waals surface area contributed by atoms with Gasteiger partial charge in [0, 0.05) is 17.0 Å². The Bertz CT molecular complexity index is 671. The van der Waals surface area contributed by atoms with Gasteiger partial charge in [0.15, 0.2) is 0 Å². The van der Waals surface area contributed by atoms with Crippen LogP contribution >= 0.6 is 0 Å². The average molecular weight is 273 g/mol. The fourth-order valence-corrected chi connectivity index (χ4v) is 2.48. The molecule has 2 aromatic rings. The normalized spacial score (nSPS) is 10.5. The number of hydrogen-bond donors (Lipinski definition) is 2. The third-order valence-electron chi connectivity index (χ3n) is 3.35. The second kappa shape index (κ2) is 5.21. The highest BCUT2D eigenvalue weighted by Gasteiger charge is 2.24. The van der Waals surface area contributed by atoms with Crippen LogP contribution < -0.4 is 0 Å². The molecule has 20 heavy (non-hydrogen) atoms. The minimum absolute atomic E-state index is 0.162. The van der Waals surface area contributed by atoms with E-state index < -0.39 is 11.9 Å². The second-order valence-electron chi connectivity index (χ2n) is 4.57. The van der Waals surface area contributed by atoms with Gasteiger partial charge in [-0.3, -0.25) is 4.79 Å². The summed E-state index contributed by atoms with van der Waals surface area (Å²) in [4.78, 5) is 22.4. The van der Waals surface area contributed by atoms with Crippen molar-refractivity contribution in [3.8, 4) is 11.1 Å². The van der Waals surface area contributed by atoms with E-state index in [0.29, 0.717) is 17.0 Å². The highest BCUT2D eigenvalue weighted by atomic mass is 16.4. The van der Waals surface area contributed by atoms with E-state index in [0.717, 1.165) is 5.56 Å². The van der Waals surface area contributed by atoms with Gasteiger partial charge in [0.1, 0.15) is 6.54 Å².